The van der Waals surface area contributed by atoms with Crippen molar-refractivity contribution in [3.05, 3.63) is 66.6 Å². The summed E-state index contributed by atoms with van der Waals surface area (Å²) in [4.78, 5) is 0. The lowest BCUT2D eigenvalue weighted by molar-refractivity contribution is 0.235. The highest BCUT2D eigenvalue weighted by atomic mass is 16.5. The molecule has 3 nitrogen and oxygen atoms in total. The van der Waals surface area contributed by atoms with E-state index < -0.39 is 0 Å². The molecular weight excluding hydrogens is 272 g/mol. The third-order valence-corrected chi connectivity index (χ3v) is 3.79. The van der Waals surface area contributed by atoms with Crippen molar-refractivity contribution >= 4 is 10.9 Å². The summed E-state index contributed by atoms with van der Waals surface area (Å²) in [6, 6.07) is 16.9. The van der Waals surface area contributed by atoms with Crippen molar-refractivity contribution in [2.45, 2.75) is 32.3 Å². The van der Waals surface area contributed by atoms with Crippen LogP contribution in [0.15, 0.2) is 48.5 Å². The third kappa shape index (κ3) is 2.84. The Bertz CT molecular complexity index is 746. The van der Waals surface area contributed by atoms with Gasteiger partial charge in [0.2, 0.25) is 5.88 Å². The molecule has 1 aromatic heterocycles. The highest BCUT2D eigenvalue weighted by molar-refractivity contribution is 5.84. The highest BCUT2D eigenvalue weighted by Gasteiger charge is 2.15. The predicted octanol–water partition coefficient (Wildman–Crippen LogP) is 4.71. The number of nitrogens with one attached hydrogen (secondary N) is 1. The number of aromatic amines is 1. The first kappa shape index (κ1) is 14.6. The van der Waals surface area contributed by atoms with Gasteiger partial charge in [0.05, 0.1) is 17.0 Å². The first-order valence-electron chi connectivity index (χ1n) is 7.68. The number of fused-ring (bicyclic) bond motifs is 1. The van der Waals surface area contributed by atoms with E-state index in [1.54, 1.807) is 0 Å². The molecule has 0 aliphatic carbocycles. The molecule has 1 N–H and O–H groups in total. The number of nitrogens with zero attached hydrogens (tertiary/aromatic N) is 1. The van der Waals surface area contributed by atoms with Crippen LogP contribution in [0.1, 0.15) is 37.3 Å². The normalized spacial score (nSPS) is 12.7. The van der Waals surface area contributed by atoms with Crippen molar-refractivity contribution in [3.8, 4) is 5.88 Å². The van der Waals surface area contributed by atoms with Crippen molar-refractivity contribution in [1.29, 1.82) is 0 Å². The summed E-state index contributed by atoms with van der Waals surface area (Å²) in [6.07, 6.45) is 0.918. The first-order chi connectivity index (χ1) is 10.7. The second-order valence-corrected chi connectivity index (χ2v) is 5.75. The van der Waals surface area contributed by atoms with Gasteiger partial charge in [-0.25, -0.2) is 0 Å². The Morgan fingerprint density at radius 3 is 2.55 bits per heavy atom. The molecule has 0 spiro atoms. The summed E-state index contributed by atoms with van der Waals surface area (Å²) in [6.45, 7) is 8.14. The van der Waals surface area contributed by atoms with Crippen LogP contribution in [0.25, 0.3) is 10.9 Å². The van der Waals surface area contributed by atoms with Gasteiger partial charge in [-0.3, -0.25) is 5.10 Å². The van der Waals surface area contributed by atoms with Crippen LogP contribution in [0.5, 0.6) is 5.88 Å². The lowest BCUT2D eigenvalue weighted by Gasteiger charge is -2.16. The van der Waals surface area contributed by atoms with Crippen LogP contribution < -0.4 is 4.74 Å². The van der Waals surface area contributed by atoms with E-state index >= 15 is 0 Å². The van der Waals surface area contributed by atoms with Crippen LogP contribution in [0.3, 0.4) is 0 Å². The monoisotopic (exact) mass is 293 g/mol. The van der Waals surface area contributed by atoms with Crippen molar-refractivity contribution in [1.82, 2.24) is 10.2 Å². The fraction of sp³-hybridized carbons (Fsp3) is 0.263. The molecule has 113 valence electrons. The number of hydrogen-bond donors (Lipinski definition) is 1. The highest BCUT2D eigenvalue weighted by Crippen LogP contribution is 2.32. The Labute approximate surface area is 131 Å². The van der Waals surface area contributed by atoms with Gasteiger partial charge in [0, 0.05) is 5.92 Å². The number of rotatable bonds is 5. The molecule has 0 amide bonds. The quantitative estimate of drug-likeness (QED) is 0.740. The van der Waals surface area contributed by atoms with Crippen molar-refractivity contribution in [2.24, 2.45) is 0 Å². The van der Waals surface area contributed by atoms with Gasteiger partial charge >= 0.3 is 0 Å². The fourth-order valence-corrected chi connectivity index (χ4v) is 2.75. The van der Waals surface area contributed by atoms with Crippen LogP contribution in [-0.2, 0) is 0 Å². The van der Waals surface area contributed by atoms with Gasteiger partial charge in [-0.1, -0.05) is 43.3 Å². The van der Waals surface area contributed by atoms with E-state index in [4.69, 9.17) is 4.74 Å². The second-order valence-electron chi connectivity index (χ2n) is 5.75. The molecule has 1 unspecified atom stereocenters. The molecule has 3 aromatic rings. The van der Waals surface area contributed by atoms with Crippen LogP contribution >= 0.6 is 0 Å². The van der Waals surface area contributed by atoms with E-state index in [2.05, 4.69) is 59.6 Å². The summed E-state index contributed by atoms with van der Waals surface area (Å²) >= 11 is 0. The Morgan fingerprint density at radius 2 is 1.86 bits per heavy atom. The number of benzene rings is 2. The molecule has 0 saturated heterocycles. The van der Waals surface area contributed by atoms with Crippen LogP contribution in [-0.4, -0.2) is 16.3 Å². The first-order valence-corrected chi connectivity index (χ1v) is 7.68. The molecule has 22 heavy (non-hydrogen) atoms. The number of aromatic nitrogens is 2. The Balaban J connectivity index is 2.03. The zero-order valence-electron chi connectivity index (χ0n) is 13.0. The third-order valence-electron chi connectivity index (χ3n) is 3.79. The zero-order chi connectivity index (χ0) is 15.5. The van der Waals surface area contributed by atoms with Gasteiger partial charge in [-0.2, -0.15) is 0 Å². The molecule has 0 fully saturated rings. The number of hydrogen-bond acceptors (Lipinski definition) is 2. The Kier molecular flexibility index (Phi) is 4.14. The van der Waals surface area contributed by atoms with Crippen molar-refractivity contribution in [2.75, 3.05) is 0 Å². The van der Waals surface area contributed by atoms with E-state index in [0.29, 0.717) is 5.88 Å². The molecule has 3 rings (SSSR count). The minimum Gasteiger partial charge on any atom is -0.473 e. The molecule has 2 aromatic carbocycles. The van der Waals surface area contributed by atoms with Gasteiger partial charge in [-0.15, -0.1) is 5.10 Å². The number of H-pyrrole nitrogens is 1. The fourth-order valence-electron chi connectivity index (χ4n) is 2.75. The maximum atomic E-state index is 5.78. The van der Waals surface area contributed by atoms with Gasteiger partial charge in [0.15, 0.2) is 0 Å². The lowest BCUT2D eigenvalue weighted by atomic mass is 9.89. The van der Waals surface area contributed by atoms with Gasteiger partial charge in [0.1, 0.15) is 0 Å². The summed E-state index contributed by atoms with van der Waals surface area (Å²) in [5.74, 6) is 0.954. The molecule has 0 saturated carbocycles. The van der Waals surface area contributed by atoms with Crippen LogP contribution in [0.2, 0.25) is 0 Å². The van der Waals surface area contributed by atoms with Crippen molar-refractivity contribution in [3.63, 3.8) is 0 Å². The number of ether oxygens (including phenoxy) is 1. The molecule has 1 heterocycles. The zero-order valence-corrected chi connectivity index (χ0v) is 13.0. The van der Waals surface area contributed by atoms with E-state index in [1.165, 1.54) is 11.1 Å². The van der Waals surface area contributed by atoms with E-state index in [0.717, 1.165) is 17.3 Å². The molecule has 3 heteroatoms. The average molecular weight is 293 g/mol. The summed E-state index contributed by atoms with van der Waals surface area (Å²) in [5, 5.41) is 8.33. The standard InChI is InChI=1S/C19H21N2O/c1-4-16(14-8-6-5-7-9-14)15-10-11-18-17(12-15)19(21-20-18)22-13(2)3/h5-13,16H,1,4H2,2-3H3,(H,20,21). The lowest BCUT2D eigenvalue weighted by Crippen LogP contribution is -2.06. The van der Waals surface area contributed by atoms with Gasteiger partial charge in [-0.05, 0) is 43.5 Å². The molecule has 1 radical (unpaired) electrons. The molecule has 0 bridgehead atoms. The van der Waals surface area contributed by atoms with Gasteiger partial charge < -0.3 is 4.74 Å². The Morgan fingerprint density at radius 1 is 1.09 bits per heavy atom. The van der Waals surface area contributed by atoms with Gasteiger partial charge in [0.25, 0.3) is 0 Å². The van der Waals surface area contributed by atoms with Crippen LogP contribution in [0.4, 0.5) is 0 Å². The molecule has 0 aliphatic heterocycles. The average Bonchev–Trinajstić information content (AvgIpc) is 2.91. The van der Waals surface area contributed by atoms with Crippen molar-refractivity contribution < 1.29 is 4.74 Å². The predicted molar refractivity (Wildman–Crippen MR) is 90.1 cm³/mol. The minimum absolute atomic E-state index is 0.105. The van der Waals surface area contributed by atoms with E-state index in [-0.39, 0.29) is 12.0 Å². The molecule has 0 aliphatic rings. The summed E-state index contributed by atoms with van der Waals surface area (Å²) in [7, 11) is 0. The molecular formula is C19H21N2O. The Hall–Kier alpha value is -2.29. The smallest absolute Gasteiger partial charge is 0.240 e. The van der Waals surface area contributed by atoms with E-state index in [9.17, 15) is 0 Å². The maximum absolute atomic E-state index is 5.78. The SMILES string of the molecule is [CH2]CC(c1ccccc1)c1ccc2[nH]nc(OC(C)C)c2c1. The summed E-state index contributed by atoms with van der Waals surface area (Å²) < 4.78 is 5.78. The summed E-state index contributed by atoms with van der Waals surface area (Å²) in [5.41, 5.74) is 3.52. The second kappa shape index (κ2) is 6.22. The maximum Gasteiger partial charge on any atom is 0.240 e. The van der Waals surface area contributed by atoms with E-state index in [1.807, 2.05) is 19.9 Å². The largest absolute Gasteiger partial charge is 0.473 e. The topological polar surface area (TPSA) is 37.9 Å². The minimum atomic E-state index is 0.105. The molecule has 1 atom stereocenters. The van der Waals surface area contributed by atoms with Crippen LogP contribution in [0, 0.1) is 6.92 Å².